The van der Waals surface area contributed by atoms with E-state index in [1.807, 2.05) is 37.3 Å². The maximum atomic E-state index is 14.7. The quantitative estimate of drug-likeness (QED) is 0.0692. The molecule has 2 aromatic carbocycles. The number of nitrogens with zero attached hydrogens (tertiary/aromatic N) is 7. The number of anilines is 2. The molecule has 4 fully saturated rings. The van der Waals surface area contributed by atoms with Crippen LogP contribution in [0.5, 0.6) is 5.75 Å². The molecule has 5 heterocycles. The molecule has 6 N–H and O–H groups in total. The van der Waals surface area contributed by atoms with Crippen molar-refractivity contribution < 1.29 is 33.4 Å². The summed E-state index contributed by atoms with van der Waals surface area (Å²) in [5.74, 6) is -0.516. The predicted molar refractivity (Wildman–Crippen MR) is 283 cm³/mol. The standard InChI is InChI=1S/C52H69ClFN11O6S2/c1-33-45(72-32-59-33)34-10-11-35(26-58-47(68)38-25-36(66)29-65(38)48(69)46(50(2,3)4)61-49(70)52(54)12-13-52)39(24-34)71-23-7-16-62-19-21-63(22-20-62)30-42(67)60-37-8-6-9-40(44(37)53)73-43-28-56-41(27-57-43)64-17-14-51(5,31-55)15-18-64/h6,8-11,24,27-28,32,36,38,46,66H,7,12-23,25-26,29-31,55H2,1-5H3,(H,58,68)(H,60,67)(H,61,70)/t36-,38+,46-/m1/s1. The van der Waals surface area contributed by atoms with E-state index in [-0.39, 0.29) is 50.2 Å². The molecular weight excluding hydrogens is 993 g/mol. The van der Waals surface area contributed by atoms with Gasteiger partial charge >= 0.3 is 0 Å². The van der Waals surface area contributed by atoms with Crippen molar-refractivity contribution in [1.82, 2.24) is 40.3 Å². The molecule has 8 rings (SSSR count). The highest BCUT2D eigenvalue weighted by Crippen LogP contribution is 2.41. The van der Waals surface area contributed by atoms with Gasteiger partial charge in [-0.05, 0) is 80.2 Å². The number of piperidine rings is 1. The molecule has 4 amide bonds. The maximum absolute atomic E-state index is 14.7. The highest BCUT2D eigenvalue weighted by atomic mass is 35.5. The Hall–Kier alpha value is -4.96. The zero-order chi connectivity index (χ0) is 52.1. The van der Waals surface area contributed by atoms with E-state index in [0.717, 1.165) is 97.5 Å². The molecule has 3 atom stereocenters. The van der Waals surface area contributed by atoms with Gasteiger partial charge in [0.2, 0.25) is 17.7 Å². The number of hydrogen-bond acceptors (Lipinski definition) is 15. The average Bonchev–Trinajstić information content (AvgIpc) is 3.78. The number of benzene rings is 2. The minimum Gasteiger partial charge on any atom is -0.493 e. The molecule has 21 heteroatoms. The zero-order valence-corrected chi connectivity index (χ0v) is 44.8. The number of rotatable bonds is 19. The number of halogens is 2. The predicted octanol–water partition coefficient (Wildman–Crippen LogP) is 5.91. The van der Waals surface area contributed by atoms with Gasteiger partial charge in [0.25, 0.3) is 5.91 Å². The highest BCUT2D eigenvalue weighted by Gasteiger charge is 2.53. The van der Waals surface area contributed by atoms with Crippen molar-refractivity contribution in [2.75, 3.05) is 82.3 Å². The number of likely N-dealkylation sites (tertiary alicyclic amines) is 1. The van der Waals surface area contributed by atoms with E-state index >= 15 is 0 Å². The molecular formula is C52H69ClFN11O6S2. The molecule has 4 aromatic rings. The van der Waals surface area contributed by atoms with Gasteiger partial charge in [0.05, 0.1) is 58.4 Å². The van der Waals surface area contributed by atoms with Crippen molar-refractivity contribution in [3.63, 3.8) is 0 Å². The summed E-state index contributed by atoms with van der Waals surface area (Å²) in [6, 6.07) is 9.31. The number of nitrogens with one attached hydrogen (secondary N) is 3. The molecule has 2 aromatic heterocycles. The normalized spacial score (nSPS) is 20.3. The SMILES string of the molecule is Cc1ncsc1-c1ccc(CNC(=O)[C@@H]2C[C@@H](O)CN2C(=O)[C@@H](NC(=O)C2(F)CC2)C(C)(C)C)c(OCCCN2CCN(CC(=O)Nc3cccc(Sc4cnc(N5CCC(C)(CN)CC5)cn4)c3Cl)CC2)c1. The van der Waals surface area contributed by atoms with Crippen LogP contribution in [-0.2, 0) is 25.7 Å². The summed E-state index contributed by atoms with van der Waals surface area (Å²) < 4.78 is 21.1. The summed E-state index contributed by atoms with van der Waals surface area (Å²) in [5.41, 5.74) is 8.31. The minimum absolute atomic E-state index is 0.0236. The van der Waals surface area contributed by atoms with E-state index in [2.05, 4.69) is 52.5 Å². The lowest BCUT2D eigenvalue weighted by atomic mass is 9.80. The van der Waals surface area contributed by atoms with Crippen LogP contribution in [0.1, 0.15) is 77.5 Å². The first kappa shape index (κ1) is 54.3. The van der Waals surface area contributed by atoms with Crippen LogP contribution >= 0.6 is 34.7 Å². The number of carbonyl (C=O) groups is 4. The van der Waals surface area contributed by atoms with Crippen molar-refractivity contribution in [3.8, 4) is 16.2 Å². The fraction of sp³-hybridized carbons (Fsp3) is 0.558. The number of ether oxygens (including phenoxy) is 1. The second kappa shape index (κ2) is 23.3. The van der Waals surface area contributed by atoms with Gasteiger partial charge in [-0.1, -0.05) is 69.3 Å². The Balaban J connectivity index is 0.800. The van der Waals surface area contributed by atoms with Crippen molar-refractivity contribution >= 4 is 69.8 Å². The smallest absolute Gasteiger partial charge is 0.258 e. The van der Waals surface area contributed by atoms with Crippen molar-refractivity contribution in [1.29, 1.82) is 0 Å². The van der Waals surface area contributed by atoms with Crippen LogP contribution in [0.4, 0.5) is 15.9 Å². The summed E-state index contributed by atoms with van der Waals surface area (Å²) >= 11 is 9.76. The molecule has 73 heavy (non-hydrogen) atoms. The summed E-state index contributed by atoms with van der Waals surface area (Å²) in [5, 5.41) is 20.4. The first-order valence-electron chi connectivity index (χ1n) is 25.2. The zero-order valence-electron chi connectivity index (χ0n) is 42.4. The topological polar surface area (TPSA) is 211 Å². The lowest BCUT2D eigenvalue weighted by molar-refractivity contribution is -0.145. The van der Waals surface area contributed by atoms with E-state index in [9.17, 15) is 28.7 Å². The Morgan fingerprint density at radius 3 is 2.41 bits per heavy atom. The third-order valence-corrected chi connectivity index (χ3v) is 16.9. The summed E-state index contributed by atoms with van der Waals surface area (Å²) in [6.07, 6.45) is 5.62. The fourth-order valence-corrected chi connectivity index (χ4v) is 11.3. The van der Waals surface area contributed by atoms with Gasteiger partial charge in [-0.3, -0.25) is 24.1 Å². The highest BCUT2D eigenvalue weighted by molar-refractivity contribution is 7.99. The molecule has 17 nitrogen and oxygen atoms in total. The summed E-state index contributed by atoms with van der Waals surface area (Å²) in [7, 11) is 0. The molecule has 394 valence electrons. The van der Waals surface area contributed by atoms with E-state index in [1.165, 1.54) is 28.0 Å². The third kappa shape index (κ3) is 13.7. The minimum atomic E-state index is -1.98. The van der Waals surface area contributed by atoms with Crippen molar-refractivity contribution in [2.45, 2.75) is 113 Å². The Morgan fingerprint density at radius 1 is 1.01 bits per heavy atom. The lowest BCUT2D eigenvalue weighted by Gasteiger charge is -2.39. The average molecular weight is 1060 g/mol. The molecule has 0 spiro atoms. The molecule has 3 saturated heterocycles. The maximum Gasteiger partial charge on any atom is 0.258 e. The number of piperazine rings is 1. The Labute approximate surface area is 440 Å². The number of aryl methyl sites for hydroxylation is 1. The van der Waals surface area contributed by atoms with Crippen LogP contribution in [0.15, 0.2) is 64.2 Å². The fourth-order valence-electron chi connectivity index (χ4n) is 9.41. The summed E-state index contributed by atoms with van der Waals surface area (Å²) in [6.45, 7) is 16.4. The molecule has 1 aliphatic carbocycles. The number of hydrogen-bond donors (Lipinski definition) is 5. The molecule has 0 radical (unpaired) electrons. The van der Waals surface area contributed by atoms with Crippen LogP contribution in [0.3, 0.4) is 0 Å². The second-order valence-corrected chi connectivity index (χ2v) is 23.5. The number of nitrogens with two attached hydrogens (primary N) is 1. The lowest BCUT2D eigenvalue weighted by Crippen LogP contribution is -2.59. The van der Waals surface area contributed by atoms with Gasteiger partial charge in [0.1, 0.15) is 28.7 Å². The van der Waals surface area contributed by atoms with Crippen LogP contribution in [0.2, 0.25) is 5.02 Å². The van der Waals surface area contributed by atoms with Crippen molar-refractivity contribution in [3.05, 3.63) is 70.6 Å². The molecule has 0 unspecified atom stereocenters. The number of aliphatic hydroxyl groups is 1. The van der Waals surface area contributed by atoms with E-state index in [1.54, 1.807) is 44.7 Å². The van der Waals surface area contributed by atoms with Crippen molar-refractivity contribution in [2.24, 2.45) is 16.6 Å². The van der Waals surface area contributed by atoms with Gasteiger partial charge in [-0.25, -0.2) is 19.3 Å². The van der Waals surface area contributed by atoms with Crippen LogP contribution in [-0.4, -0.2) is 154 Å². The first-order chi connectivity index (χ1) is 34.8. The number of aromatic nitrogens is 3. The van der Waals surface area contributed by atoms with Gasteiger partial charge in [0, 0.05) is 75.8 Å². The molecule has 0 bridgehead atoms. The molecule has 1 saturated carbocycles. The Kier molecular flexibility index (Phi) is 17.3. The summed E-state index contributed by atoms with van der Waals surface area (Å²) in [4.78, 5) is 77.4. The largest absolute Gasteiger partial charge is 0.493 e. The van der Waals surface area contributed by atoms with Crippen LogP contribution < -0.4 is 31.3 Å². The number of thiazole rings is 1. The molecule has 3 aliphatic heterocycles. The number of alkyl halides is 1. The van der Waals surface area contributed by atoms with E-state index in [4.69, 9.17) is 22.1 Å². The van der Waals surface area contributed by atoms with Crippen LogP contribution in [0, 0.1) is 17.8 Å². The first-order valence-corrected chi connectivity index (χ1v) is 27.3. The monoisotopic (exact) mass is 1060 g/mol. The van der Waals surface area contributed by atoms with Gasteiger partial charge < -0.3 is 46.2 Å². The van der Waals surface area contributed by atoms with E-state index < -0.39 is 47.0 Å². The van der Waals surface area contributed by atoms with Crippen LogP contribution in [0.25, 0.3) is 10.4 Å². The van der Waals surface area contributed by atoms with Gasteiger partial charge in [-0.15, -0.1) is 11.3 Å². The third-order valence-electron chi connectivity index (χ3n) is 14.4. The van der Waals surface area contributed by atoms with Gasteiger partial charge in [-0.2, -0.15) is 0 Å². The number of amides is 4. The molecule has 4 aliphatic rings. The van der Waals surface area contributed by atoms with Gasteiger partial charge in [0.15, 0.2) is 5.67 Å². The number of carbonyl (C=O) groups excluding carboxylic acids is 4. The Morgan fingerprint density at radius 2 is 1.75 bits per heavy atom. The number of aliphatic hydroxyl groups excluding tert-OH is 1. The number of β-amino-alcohol motifs (C(OH)–C–C–N with tert-alkyl or cyclic N) is 1. The van der Waals surface area contributed by atoms with E-state index in [0.29, 0.717) is 34.6 Å². The second-order valence-electron chi connectivity index (χ2n) is 21.2. The Bertz CT molecular complexity index is 2600.